The number of hydrogen-bond donors (Lipinski definition) is 1. The van der Waals surface area contributed by atoms with Crippen molar-refractivity contribution in [2.75, 3.05) is 0 Å². The summed E-state index contributed by atoms with van der Waals surface area (Å²) in [7, 11) is 0. The lowest BCUT2D eigenvalue weighted by Gasteiger charge is -2.18. The molecule has 1 unspecified atom stereocenters. The minimum atomic E-state index is -0.129. The first-order chi connectivity index (χ1) is 10.7. The molecule has 1 N–H and O–H groups in total. The van der Waals surface area contributed by atoms with Crippen LogP contribution in [-0.2, 0) is 0 Å². The van der Waals surface area contributed by atoms with Gasteiger partial charge in [0.1, 0.15) is 0 Å². The van der Waals surface area contributed by atoms with Gasteiger partial charge >= 0.3 is 0 Å². The standard InChI is InChI=1S/C18H32N2O2/c1-4-6-8-9-11-13-16(12-10-7-5-2)19-18(21)17-14-15(3)20-22-17/h14,16H,4-13H2,1-3H3,(H,19,21). The van der Waals surface area contributed by atoms with E-state index in [2.05, 4.69) is 24.3 Å². The van der Waals surface area contributed by atoms with Gasteiger partial charge in [0.15, 0.2) is 0 Å². The van der Waals surface area contributed by atoms with Crippen LogP contribution in [0.5, 0.6) is 0 Å². The molecule has 0 aliphatic rings. The third-order valence-electron chi connectivity index (χ3n) is 4.00. The molecule has 22 heavy (non-hydrogen) atoms. The lowest BCUT2D eigenvalue weighted by molar-refractivity contribution is 0.0894. The highest BCUT2D eigenvalue weighted by atomic mass is 16.5. The summed E-state index contributed by atoms with van der Waals surface area (Å²) in [4.78, 5) is 12.2. The molecule has 1 aromatic rings. The Kier molecular flexibility index (Phi) is 9.60. The average molecular weight is 308 g/mol. The molecule has 4 heteroatoms. The Hall–Kier alpha value is -1.32. The number of nitrogens with zero attached hydrogens (tertiary/aromatic N) is 1. The molecule has 1 amide bonds. The van der Waals surface area contributed by atoms with Gasteiger partial charge in [0.05, 0.1) is 5.69 Å². The monoisotopic (exact) mass is 308 g/mol. The molecule has 1 rings (SSSR count). The first kappa shape index (κ1) is 18.7. The second-order valence-electron chi connectivity index (χ2n) is 6.20. The lowest BCUT2D eigenvalue weighted by atomic mass is 10.0. The number of nitrogens with one attached hydrogen (secondary N) is 1. The molecule has 0 bridgehead atoms. The van der Waals surface area contributed by atoms with Crippen LogP contribution in [0.15, 0.2) is 10.6 Å². The number of aromatic nitrogens is 1. The van der Waals surface area contributed by atoms with Gasteiger partial charge < -0.3 is 9.84 Å². The van der Waals surface area contributed by atoms with Gasteiger partial charge in [-0.15, -0.1) is 0 Å². The fourth-order valence-electron chi connectivity index (χ4n) is 2.65. The Labute approximate surface area is 135 Å². The van der Waals surface area contributed by atoms with Gasteiger partial charge in [-0.2, -0.15) is 0 Å². The van der Waals surface area contributed by atoms with E-state index in [1.54, 1.807) is 6.07 Å². The van der Waals surface area contributed by atoms with Crippen LogP contribution >= 0.6 is 0 Å². The molecule has 4 nitrogen and oxygen atoms in total. The van der Waals surface area contributed by atoms with Gasteiger partial charge in [-0.1, -0.05) is 70.4 Å². The van der Waals surface area contributed by atoms with Crippen LogP contribution in [0.1, 0.15) is 94.3 Å². The Balaban J connectivity index is 2.40. The minimum Gasteiger partial charge on any atom is -0.351 e. The molecule has 0 fully saturated rings. The van der Waals surface area contributed by atoms with Gasteiger partial charge in [0, 0.05) is 12.1 Å². The maximum absolute atomic E-state index is 12.2. The van der Waals surface area contributed by atoms with Crippen LogP contribution in [0.4, 0.5) is 0 Å². The summed E-state index contributed by atoms with van der Waals surface area (Å²) < 4.78 is 5.05. The van der Waals surface area contributed by atoms with Crippen LogP contribution in [0.25, 0.3) is 0 Å². The van der Waals surface area contributed by atoms with E-state index in [0.29, 0.717) is 5.76 Å². The Morgan fingerprint density at radius 2 is 1.68 bits per heavy atom. The zero-order chi connectivity index (χ0) is 16.2. The normalized spacial score (nSPS) is 12.3. The second kappa shape index (κ2) is 11.3. The number of unbranched alkanes of at least 4 members (excludes halogenated alkanes) is 6. The van der Waals surface area contributed by atoms with Crippen molar-refractivity contribution in [3.05, 3.63) is 17.5 Å². The quantitative estimate of drug-likeness (QED) is 0.551. The van der Waals surface area contributed by atoms with Crippen molar-refractivity contribution in [3.63, 3.8) is 0 Å². The first-order valence-corrected chi connectivity index (χ1v) is 8.91. The molecule has 1 aromatic heterocycles. The van der Waals surface area contributed by atoms with Crippen LogP contribution in [0, 0.1) is 6.92 Å². The van der Waals surface area contributed by atoms with Crippen LogP contribution in [0.3, 0.4) is 0 Å². The molecule has 0 saturated heterocycles. The zero-order valence-electron chi connectivity index (χ0n) is 14.5. The maximum atomic E-state index is 12.2. The Morgan fingerprint density at radius 1 is 1.09 bits per heavy atom. The van der Waals surface area contributed by atoms with E-state index >= 15 is 0 Å². The van der Waals surface area contributed by atoms with E-state index in [-0.39, 0.29) is 11.9 Å². The van der Waals surface area contributed by atoms with E-state index in [9.17, 15) is 4.79 Å². The molecule has 0 saturated carbocycles. The molecular formula is C18H32N2O2. The molecule has 1 atom stereocenters. The molecule has 0 aromatic carbocycles. The summed E-state index contributed by atoms with van der Waals surface area (Å²) in [5.41, 5.74) is 0.743. The molecule has 0 spiro atoms. The van der Waals surface area contributed by atoms with Crippen LogP contribution in [-0.4, -0.2) is 17.1 Å². The highest BCUT2D eigenvalue weighted by Crippen LogP contribution is 2.13. The van der Waals surface area contributed by atoms with Crippen molar-refractivity contribution < 1.29 is 9.32 Å². The van der Waals surface area contributed by atoms with Gasteiger partial charge in [-0.3, -0.25) is 4.79 Å². The number of hydrogen-bond acceptors (Lipinski definition) is 3. The van der Waals surface area contributed by atoms with Gasteiger partial charge in [-0.05, 0) is 19.8 Å². The minimum absolute atomic E-state index is 0.129. The lowest BCUT2D eigenvalue weighted by Crippen LogP contribution is -2.34. The zero-order valence-corrected chi connectivity index (χ0v) is 14.5. The van der Waals surface area contributed by atoms with Crippen molar-refractivity contribution in [2.24, 2.45) is 0 Å². The van der Waals surface area contributed by atoms with E-state index in [0.717, 1.165) is 18.5 Å². The van der Waals surface area contributed by atoms with Crippen LogP contribution in [0.2, 0.25) is 0 Å². The number of carbonyl (C=O) groups is 1. The van der Waals surface area contributed by atoms with Gasteiger partial charge in [0.2, 0.25) is 5.76 Å². The Morgan fingerprint density at radius 3 is 2.27 bits per heavy atom. The van der Waals surface area contributed by atoms with Crippen molar-refractivity contribution in [3.8, 4) is 0 Å². The average Bonchev–Trinajstić information content (AvgIpc) is 2.93. The number of amides is 1. The number of aryl methyl sites for hydroxylation is 1. The largest absolute Gasteiger partial charge is 0.351 e. The summed E-state index contributed by atoms with van der Waals surface area (Å²) in [6, 6.07) is 1.95. The third kappa shape index (κ3) is 7.62. The summed E-state index contributed by atoms with van der Waals surface area (Å²) in [5.74, 6) is 0.194. The maximum Gasteiger partial charge on any atom is 0.290 e. The summed E-state index contributed by atoms with van der Waals surface area (Å²) >= 11 is 0. The molecule has 1 heterocycles. The van der Waals surface area contributed by atoms with Crippen molar-refractivity contribution in [1.82, 2.24) is 10.5 Å². The molecule has 126 valence electrons. The fourth-order valence-corrected chi connectivity index (χ4v) is 2.65. The number of carbonyl (C=O) groups excluding carboxylic acids is 1. The summed E-state index contributed by atoms with van der Waals surface area (Å²) in [6.07, 6.45) is 12.0. The van der Waals surface area contributed by atoms with E-state index < -0.39 is 0 Å². The van der Waals surface area contributed by atoms with Crippen LogP contribution < -0.4 is 5.32 Å². The van der Waals surface area contributed by atoms with Gasteiger partial charge in [-0.25, -0.2) is 0 Å². The fraction of sp³-hybridized carbons (Fsp3) is 0.778. The summed E-state index contributed by atoms with van der Waals surface area (Å²) in [5, 5.41) is 6.90. The second-order valence-corrected chi connectivity index (χ2v) is 6.20. The third-order valence-corrected chi connectivity index (χ3v) is 4.00. The predicted octanol–water partition coefficient (Wildman–Crippen LogP) is 5.02. The van der Waals surface area contributed by atoms with Crippen molar-refractivity contribution in [2.45, 2.75) is 91.0 Å². The first-order valence-electron chi connectivity index (χ1n) is 8.91. The highest BCUT2D eigenvalue weighted by Gasteiger charge is 2.16. The van der Waals surface area contributed by atoms with E-state index in [1.807, 2.05) is 6.92 Å². The molecule has 0 aliphatic heterocycles. The van der Waals surface area contributed by atoms with Crippen molar-refractivity contribution in [1.29, 1.82) is 0 Å². The smallest absolute Gasteiger partial charge is 0.290 e. The van der Waals surface area contributed by atoms with Crippen molar-refractivity contribution >= 4 is 5.91 Å². The predicted molar refractivity (Wildman–Crippen MR) is 90.0 cm³/mol. The van der Waals surface area contributed by atoms with Gasteiger partial charge in [0.25, 0.3) is 5.91 Å². The molecule has 0 aliphatic carbocycles. The molecule has 0 radical (unpaired) electrons. The summed E-state index contributed by atoms with van der Waals surface area (Å²) in [6.45, 7) is 6.26. The SMILES string of the molecule is CCCCCCCC(CCCCC)NC(=O)c1cc(C)no1. The number of rotatable bonds is 12. The van der Waals surface area contributed by atoms with E-state index in [4.69, 9.17) is 4.52 Å². The topological polar surface area (TPSA) is 55.1 Å². The molecular weight excluding hydrogens is 276 g/mol. The van der Waals surface area contributed by atoms with E-state index in [1.165, 1.54) is 51.4 Å². The highest BCUT2D eigenvalue weighted by molar-refractivity contribution is 5.91. The Bertz CT molecular complexity index is 415.